The number of carbonyl (C=O) groups excluding carboxylic acids is 2. The SMILES string of the molecule is CC(C)CC(=O)Nc1cccc(CNC(=O)C2C3CCC(C3)C2N)c1.Cl. The highest BCUT2D eigenvalue weighted by Gasteiger charge is 2.48. The molecule has 4 atom stereocenters. The first-order chi connectivity index (χ1) is 11.9. The van der Waals surface area contributed by atoms with Gasteiger partial charge in [-0.05, 0) is 54.7 Å². The van der Waals surface area contributed by atoms with E-state index in [1.165, 1.54) is 6.42 Å². The molecule has 1 aromatic carbocycles. The van der Waals surface area contributed by atoms with Crippen molar-refractivity contribution in [3.63, 3.8) is 0 Å². The van der Waals surface area contributed by atoms with Crippen molar-refractivity contribution in [3.8, 4) is 0 Å². The molecule has 5 nitrogen and oxygen atoms in total. The van der Waals surface area contributed by atoms with Crippen LogP contribution in [-0.2, 0) is 16.1 Å². The van der Waals surface area contributed by atoms with Crippen molar-refractivity contribution < 1.29 is 9.59 Å². The molecule has 2 amide bonds. The van der Waals surface area contributed by atoms with E-state index in [1.807, 2.05) is 38.1 Å². The van der Waals surface area contributed by atoms with Crippen molar-refractivity contribution in [1.82, 2.24) is 5.32 Å². The third-order valence-electron chi connectivity index (χ3n) is 5.55. The number of nitrogens with one attached hydrogen (secondary N) is 2. The zero-order valence-corrected chi connectivity index (χ0v) is 16.4. The Labute approximate surface area is 161 Å². The van der Waals surface area contributed by atoms with Gasteiger partial charge in [0, 0.05) is 24.7 Å². The Kier molecular flexibility index (Phi) is 7.07. The summed E-state index contributed by atoms with van der Waals surface area (Å²) in [7, 11) is 0. The Bertz CT molecular complexity index is 648. The van der Waals surface area contributed by atoms with Gasteiger partial charge < -0.3 is 16.4 Å². The standard InChI is InChI=1S/C20H29N3O2.ClH/c1-12(2)8-17(24)23-16-5-3-4-13(9-16)11-22-20(25)18-14-6-7-15(10-14)19(18)21;/h3-5,9,12,14-15,18-19H,6-8,10-11,21H2,1-2H3,(H,22,25)(H,23,24);1H. The zero-order valence-electron chi connectivity index (χ0n) is 15.5. The van der Waals surface area contributed by atoms with E-state index in [0.29, 0.717) is 30.7 Å². The summed E-state index contributed by atoms with van der Waals surface area (Å²) in [5.41, 5.74) is 8.00. The van der Waals surface area contributed by atoms with Gasteiger partial charge in [-0.3, -0.25) is 9.59 Å². The largest absolute Gasteiger partial charge is 0.352 e. The molecule has 2 bridgehead atoms. The molecule has 0 aliphatic heterocycles. The van der Waals surface area contributed by atoms with Crippen LogP contribution in [0.2, 0.25) is 0 Å². The van der Waals surface area contributed by atoms with Crippen LogP contribution in [0, 0.1) is 23.7 Å². The predicted octanol–water partition coefficient (Wildman–Crippen LogP) is 3.08. The number of fused-ring (bicyclic) bond motifs is 2. The Hall–Kier alpha value is -1.59. The molecule has 2 aliphatic carbocycles. The zero-order chi connectivity index (χ0) is 18.0. The quantitative estimate of drug-likeness (QED) is 0.710. The fraction of sp³-hybridized carbons (Fsp3) is 0.600. The van der Waals surface area contributed by atoms with Crippen molar-refractivity contribution in [1.29, 1.82) is 0 Å². The molecule has 0 heterocycles. The van der Waals surface area contributed by atoms with Gasteiger partial charge in [-0.25, -0.2) is 0 Å². The van der Waals surface area contributed by atoms with Gasteiger partial charge in [-0.15, -0.1) is 12.4 Å². The number of benzene rings is 1. The topological polar surface area (TPSA) is 84.2 Å². The third kappa shape index (κ3) is 4.77. The highest BCUT2D eigenvalue weighted by molar-refractivity contribution is 5.90. The molecular formula is C20H30ClN3O2. The highest BCUT2D eigenvalue weighted by atomic mass is 35.5. The van der Waals surface area contributed by atoms with Crippen molar-refractivity contribution in [2.45, 2.75) is 52.1 Å². The van der Waals surface area contributed by atoms with Crippen LogP contribution < -0.4 is 16.4 Å². The molecule has 2 aliphatic rings. The van der Waals surface area contributed by atoms with Gasteiger partial charge in [0.05, 0.1) is 5.92 Å². The lowest BCUT2D eigenvalue weighted by Crippen LogP contribution is -2.45. The van der Waals surface area contributed by atoms with E-state index in [4.69, 9.17) is 5.73 Å². The van der Waals surface area contributed by atoms with Crippen molar-refractivity contribution >= 4 is 29.9 Å². The van der Waals surface area contributed by atoms with E-state index >= 15 is 0 Å². The summed E-state index contributed by atoms with van der Waals surface area (Å²) >= 11 is 0. The molecule has 6 heteroatoms. The summed E-state index contributed by atoms with van der Waals surface area (Å²) < 4.78 is 0. The minimum atomic E-state index is -0.0346. The first kappa shape index (κ1) is 20.7. The Morgan fingerprint density at radius 1 is 1.23 bits per heavy atom. The maximum Gasteiger partial charge on any atom is 0.225 e. The smallest absolute Gasteiger partial charge is 0.225 e. The lowest BCUT2D eigenvalue weighted by Gasteiger charge is -2.27. The summed E-state index contributed by atoms with van der Waals surface area (Å²) in [5.74, 6) is 1.38. The number of rotatable bonds is 6. The number of nitrogens with two attached hydrogens (primary N) is 1. The molecule has 4 unspecified atom stereocenters. The van der Waals surface area contributed by atoms with E-state index < -0.39 is 0 Å². The van der Waals surface area contributed by atoms with Crippen molar-refractivity contribution in [2.75, 3.05) is 5.32 Å². The molecule has 0 radical (unpaired) electrons. The highest BCUT2D eigenvalue weighted by Crippen LogP contribution is 2.47. The minimum absolute atomic E-state index is 0. The van der Waals surface area contributed by atoms with E-state index in [9.17, 15) is 9.59 Å². The summed E-state index contributed by atoms with van der Waals surface area (Å²) in [6.45, 7) is 4.51. The number of halogens is 1. The number of hydrogen-bond donors (Lipinski definition) is 3. The Morgan fingerprint density at radius 3 is 2.62 bits per heavy atom. The minimum Gasteiger partial charge on any atom is -0.352 e. The fourth-order valence-corrected chi connectivity index (χ4v) is 4.37. The molecule has 1 aromatic rings. The van der Waals surface area contributed by atoms with Gasteiger partial charge in [0.25, 0.3) is 0 Å². The Balaban J connectivity index is 0.00000243. The van der Waals surface area contributed by atoms with E-state index in [0.717, 1.165) is 24.1 Å². The first-order valence-corrected chi connectivity index (χ1v) is 9.36. The van der Waals surface area contributed by atoms with Gasteiger partial charge in [-0.2, -0.15) is 0 Å². The number of amides is 2. The number of hydrogen-bond acceptors (Lipinski definition) is 3. The monoisotopic (exact) mass is 379 g/mol. The molecule has 0 aromatic heterocycles. The maximum absolute atomic E-state index is 12.5. The van der Waals surface area contributed by atoms with Crippen molar-refractivity contribution in [3.05, 3.63) is 29.8 Å². The summed E-state index contributed by atoms with van der Waals surface area (Å²) in [6.07, 6.45) is 3.92. The molecule has 3 rings (SSSR count). The second kappa shape index (κ2) is 8.87. The average molecular weight is 380 g/mol. The molecule has 2 fully saturated rings. The third-order valence-corrected chi connectivity index (χ3v) is 5.55. The van der Waals surface area contributed by atoms with Crippen LogP contribution in [0.5, 0.6) is 0 Å². The van der Waals surface area contributed by atoms with Crippen LogP contribution in [-0.4, -0.2) is 17.9 Å². The van der Waals surface area contributed by atoms with Gasteiger partial charge >= 0.3 is 0 Å². The molecule has 144 valence electrons. The molecule has 2 saturated carbocycles. The first-order valence-electron chi connectivity index (χ1n) is 9.36. The number of carbonyl (C=O) groups is 2. The van der Waals surface area contributed by atoms with Crippen LogP contribution in [0.15, 0.2) is 24.3 Å². The molecule has 4 N–H and O–H groups in total. The summed E-state index contributed by atoms with van der Waals surface area (Å²) in [6, 6.07) is 7.66. The molecule has 0 spiro atoms. The lowest BCUT2D eigenvalue weighted by atomic mass is 9.84. The van der Waals surface area contributed by atoms with Crippen molar-refractivity contribution in [2.24, 2.45) is 29.4 Å². The molecule has 26 heavy (non-hydrogen) atoms. The van der Waals surface area contributed by atoms with E-state index in [-0.39, 0.29) is 36.2 Å². The maximum atomic E-state index is 12.5. The Morgan fingerprint density at radius 2 is 1.96 bits per heavy atom. The molecule has 0 saturated heterocycles. The summed E-state index contributed by atoms with van der Waals surface area (Å²) in [5, 5.41) is 5.95. The predicted molar refractivity (Wildman–Crippen MR) is 106 cm³/mol. The van der Waals surface area contributed by atoms with Crippen LogP contribution in [0.3, 0.4) is 0 Å². The lowest BCUT2D eigenvalue weighted by molar-refractivity contribution is -0.127. The van der Waals surface area contributed by atoms with Crippen LogP contribution in [0.25, 0.3) is 0 Å². The molecular weight excluding hydrogens is 350 g/mol. The van der Waals surface area contributed by atoms with Crippen LogP contribution in [0.4, 0.5) is 5.69 Å². The van der Waals surface area contributed by atoms with Gasteiger partial charge in [0.15, 0.2) is 0 Å². The van der Waals surface area contributed by atoms with E-state index in [1.54, 1.807) is 0 Å². The average Bonchev–Trinajstić information content (AvgIpc) is 3.13. The summed E-state index contributed by atoms with van der Waals surface area (Å²) in [4.78, 5) is 24.4. The van der Waals surface area contributed by atoms with Crippen LogP contribution >= 0.6 is 12.4 Å². The van der Waals surface area contributed by atoms with E-state index in [2.05, 4.69) is 10.6 Å². The van der Waals surface area contributed by atoms with Gasteiger partial charge in [0.2, 0.25) is 11.8 Å². The number of anilines is 1. The second-order valence-corrected chi connectivity index (χ2v) is 8.00. The normalized spacial score (nSPS) is 26.5. The fourth-order valence-electron chi connectivity index (χ4n) is 4.37. The second-order valence-electron chi connectivity index (χ2n) is 8.00. The van der Waals surface area contributed by atoms with Gasteiger partial charge in [0.1, 0.15) is 0 Å². The van der Waals surface area contributed by atoms with Crippen LogP contribution in [0.1, 0.15) is 45.1 Å². The van der Waals surface area contributed by atoms with Gasteiger partial charge in [-0.1, -0.05) is 26.0 Å².